The number of carbonyl (C=O) groups excluding carboxylic acids is 1. The standard InChI is InChI=1S/C16H17N3O2S2/c1-3-22-10-13(20)15-16(21)19(9-12-8-17-11(2)23-12)14-6-4-5-7-18(14)15/h4-8H,3,9-10H2,1-2H3. The Bertz CT molecular complexity index is 854. The Kier molecular flexibility index (Phi) is 4.68. The van der Waals surface area contributed by atoms with Gasteiger partial charge in [-0.25, -0.2) is 9.55 Å². The number of rotatable bonds is 6. The van der Waals surface area contributed by atoms with Crippen molar-refractivity contribution >= 4 is 34.5 Å². The van der Waals surface area contributed by atoms with Crippen LogP contribution >= 0.6 is 23.1 Å². The lowest BCUT2D eigenvalue weighted by Crippen LogP contribution is -2.36. The molecule has 0 atom stereocenters. The Morgan fingerprint density at radius 1 is 1.48 bits per heavy atom. The first kappa shape index (κ1) is 16.0. The molecule has 0 unspecified atom stereocenters. The molecule has 0 amide bonds. The molecule has 0 saturated carbocycles. The van der Waals surface area contributed by atoms with Gasteiger partial charge >= 0.3 is 0 Å². The number of ketones is 1. The summed E-state index contributed by atoms with van der Waals surface area (Å²) in [6.45, 7) is 4.37. The van der Waals surface area contributed by atoms with Crippen LogP contribution < -0.4 is 9.67 Å². The number of aryl methyl sites for hydroxylation is 1. The summed E-state index contributed by atoms with van der Waals surface area (Å²) in [6, 6.07) is 5.56. The van der Waals surface area contributed by atoms with E-state index < -0.39 is 0 Å². The van der Waals surface area contributed by atoms with Gasteiger partial charge in [0.25, 0.3) is 5.65 Å². The van der Waals surface area contributed by atoms with Gasteiger partial charge in [-0.2, -0.15) is 16.2 Å². The Labute approximate surface area is 142 Å². The molecular formula is C16H17N3O2S2. The molecule has 120 valence electrons. The average molecular weight is 347 g/mol. The van der Waals surface area contributed by atoms with E-state index in [4.69, 9.17) is 0 Å². The molecule has 3 rings (SSSR count). The second-order valence-corrected chi connectivity index (χ2v) is 7.67. The van der Waals surface area contributed by atoms with Crippen molar-refractivity contribution in [2.45, 2.75) is 20.4 Å². The van der Waals surface area contributed by atoms with Crippen molar-refractivity contribution in [3.05, 3.63) is 46.2 Å². The number of aromatic nitrogens is 3. The number of Topliss-reactive ketones (excluding diaryl/α,β-unsaturated/α-hetero) is 1. The summed E-state index contributed by atoms with van der Waals surface area (Å²) in [5, 5.41) is 13.8. The van der Waals surface area contributed by atoms with Crippen LogP contribution in [0.15, 0.2) is 30.6 Å². The van der Waals surface area contributed by atoms with Crippen molar-refractivity contribution < 1.29 is 14.5 Å². The van der Waals surface area contributed by atoms with E-state index in [2.05, 4.69) is 4.98 Å². The highest BCUT2D eigenvalue weighted by atomic mass is 32.2. The van der Waals surface area contributed by atoms with Gasteiger partial charge in [-0.3, -0.25) is 4.79 Å². The van der Waals surface area contributed by atoms with Crippen LogP contribution in [0.2, 0.25) is 0 Å². The molecule has 23 heavy (non-hydrogen) atoms. The number of imidazole rings is 1. The summed E-state index contributed by atoms with van der Waals surface area (Å²) in [6.07, 6.45) is 3.56. The lowest BCUT2D eigenvalue weighted by atomic mass is 10.3. The lowest BCUT2D eigenvalue weighted by Gasteiger charge is -2.05. The summed E-state index contributed by atoms with van der Waals surface area (Å²) in [5.41, 5.74) is 0.969. The van der Waals surface area contributed by atoms with E-state index in [9.17, 15) is 9.90 Å². The molecule has 0 aliphatic heterocycles. The third-order valence-corrected chi connectivity index (χ3v) is 5.26. The Morgan fingerprint density at radius 2 is 2.30 bits per heavy atom. The zero-order valence-electron chi connectivity index (χ0n) is 13.0. The van der Waals surface area contributed by atoms with Gasteiger partial charge < -0.3 is 5.11 Å². The van der Waals surface area contributed by atoms with Crippen molar-refractivity contribution in [2.75, 3.05) is 11.5 Å². The highest BCUT2D eigenvalue weighted by Crippen LogP contribution is 2.19. The normalized spacial score (nSPS) is 11.2. The number of hydrogen-bond donors (Lipinski definition) is 0. The molecule has 0 aliphatic rings. The third-order valence-electron chi connectivity index (χ3n) is 3.49. The summed E-state index contributed by atoms with van der Waals surface area (Å²) < 4.78 is 3.35. The van der Waals surface area contributed by atoms with Gasteiger partial charge in [0.2, 0.25) is 11.5 Å². The fourth-order valence-electron chi connectivity index (χ4n) is 2.48. The number of nitrogens with zero attached hydrogens (tertiary/aromatic N) is 3. The number of carbonyl (C=O) groups is 1. The number of thioether (sulfide) groups is 1. The van der Waals surface area contributed by atoms with E-state index in [1.807, 2.05) is 32.0 Å². The fourth-order valence-corrected chi connectivity index (χ4v) is 3.79. The Hall–Kier alpha value is -1.86. The zero-order chi connectivity index (χ0) is 16.4. The first-order valence-corrected chi connectivity index (χ1v) is 9.31. The molecule has 3 aromatic rings. The fraction of sp³-hybridized carbons (Fsp3) is 0.312. The van der Waals surface area contributed by atoms with Crippen molar-refractivity contribution in [1.29, 1.82) is 0 Å². The number of pyridine rings is 1. The monoisotopic (exact) mass is 347 g/mol. The molecule has 7 heteroatoms. The van der Waals surface area contributed by atoms with Crippen LogP contribution in [-0.2, 0) is 6.54 Å². The van der Waals surface area contributed by atoms with Crippen molar-refractivity contribution in [3.63, 3.8) is 0 Å². The summed E-state index contributed by atoms with van der Waals surface area (Å²) >= 11 is 3.09. The number of fused-ring (bicyclic) bond motifs is 1. The molecule has 3 heterocycles. The maximum absolute atomic E-state index is 12.8. The minimum absolute atomic E-state index is 0.123. The van der Waals surface area contributed by atoms with Gasteiger partial charge in [0.05, 0.1) is 21.8 Å². The predicted molar refractivity (Wildman–Crippen MR) is 90.3 cm³/mol. The first-order valence-electron chi connectivity index (χ1n) is 7.34. The van der Waals surface area contributed by atoms with Gasteiger partial charge in [-0.1, -0.05) is 13.0 Å². The van der Waals surface area contributed by atoms with Crippen LogP contribution in [0.25, 0.3) is 5.65 Å². The SMILES string of the molecule is CCSCC(=O)c1c([O-])[n+](Cc2cnc(C)s2)c2ccccn12. The van der Waals surface area contributed by atoms with Gasteiger partial charge in [0, 0.05) is 12.3 Å². The summed E-state index contributed by atoms with van der Waals surface area (Å²) in [5.74, 6) is 0.821. The van der Waals surface area contributed by atoms with E-state index in [0.717, 1.165) is 21.3 Å². The van der Waals surface area contributed by atoms with E-state index in [1.165, 1.54) is 11.8 Å². The smallest absolute Gasteiger partial charge is 0.286 e. The topological polar surface area (TPSA) is 61.3 Å². The minimum atomic E-state index is -0.232. The zero-order valence-corrected chi connectivity index (χ0v) is 14.6. The second kappa shape index (κ2) is 6.72. The third kappa shape index (κ3) is 3.11. The van der Waals surface area contributed by atoms with Gasteiger partial charge in [0.1, 0.15) is 12.4 Å². The lowest BCUT2D eigenvalue weighted by molar-refractivity contribution is -0.704. The molecule has 0 spiro atoms. The molecular weight excluding hydrogens is 330 g/mol. The van der Waals surface area contributed by atoms with Crippen LogP contribution in [-0.4, -0.2) is 26.7 Å². The number of thiazole rings is 1. The van der Waals surface area contributed by atoms with E-state index in [-0.39, 0.29) is 17.4 Å². The summed E-state index contributed by atoms with van der Waals surface area (Å²) in [4.78, 5) is 17.7. The molecule has 0 aromatic carbocycles. The van der Waals surface area contributed by atoms with Crippen LogP contribution in [0.5, 0.6) is 5.88 Å². The molecule has 3 aromatic heterocycles. The maximum Gasteiger partial charge on any atom is 0.286 e. The Balaban J connectivity index is 2.07. The molecule has 0 radical (unpaired) electrons. The van der Waals surface area contributed by atoms with Crippen LogP contribution in [0.3, 0.4) is 0 Å². The second-order valence-electron chi connectivity index (χ2n) is 5.07. The Morgan fingerprint density at radius 3 is 3.00 bits per heavy atom. The highest BCUT2D eigenvalue weighted by Gasteiger charge is 2.25. The average Bonchev–Trinajstić information content (AvgIpc) is 3.07. The van der Waals surface area contributed by atoms with Crippen molar-refractivity contribution in [3.8, 4) is 5.88 Å². The van der Waals surface area contributed by atoms with E-state index >= 15 is 0 Å². The number of hydrogen-bond acceptors (Lipinski definition) is 5. The van der Waals surface area contributed by atoms with Gasteiger partial charge in [0.15, 0.2) is 0 Å². The van der Waals surface area contributed by atoms with Gasteiger partial charge in [-0.15, -0.1) is 11.3 Å². The first-order chi connectivity index (χ1) is 11.1. The molecule has 0 fully saturated rings. The molecule has 5 nitrogen and oxygen atoms in total. The van der Waals surface area contributed by atoms with Crippen molar-refractivity contribution in [1.82, 2.24) is 9.38 Å². The minimum Gasteiger partial charge on any atom is -0.839 e. The molecule has 0 aliphatic carbocycles. The largest absolute Gasteiger partial charge is 0.839 e. The predicted octanol–water partition coefficient (Wildman–Crippen LogP) is 2.05. The van der Waals surface area contributed by atoms with Crippen molar-refractivity contribution in [2.24, 2.45) is 0 Å². The summed E-state index contributed by atoms with van der Waals surface area (Å²) in [7, 11) is 0. The van der Waals surface area contributed by atoms with Gasteiger partial charge in [-0.05, 0) is 18.7 Å². The maximum atomic E-state index is 12.8. The molecule has 0 saturated heterocycles. The van der Waals surface area contributed by atoms with E-state index in [1.54, 1.807) is 32.7 Å². The quantitative estimate of drug-likeness (QED) is 0.506. The van der Waals surface area contributed by atoms with Crippen LogP contribution in [0, 0.1) is 6.92 Å². The molecule has 0 bridgehead atoms. The molecule has 0 N–H and O–H groups in total. The van der Waals surface area contributed by atoms with E-state index in [0.29, 0.717) is 12.3 Å². The highest BCUT2D eigenvalue weighted by molar-refractivity contribution is 7.99. The van der Waals surface area contributed by atoms with Crippen LogP contribution in [0.1, 0.15) is 27.3 Å². The van der Waals surface area contributed by atoms with Crippen LogP contribution in [0.4, 0.5) is 0 Å².